The van der Waals surface area contributed by atoms with Gasteiger partial charge in [0.15, 0.2) is 34.5 Å². The van der Waals surface area contributed by atoms with Crippen LogP contribution in [-0.2, 0) is 6.42 Å². The largest absolute Gasteiger partial charge is 0.504 e. The molecule has 0 spiro atoms. The maximum absolute atomic E-state index is 10.9. The SMILES string of the molecule is COc1cc([C@H](O)[C@@H](C)Oc2ccc([C@H]3c4cc(O)c(OC)cc4C[C@@H](C)[C@@H]3C)cc2OC)ccc1O. The molecule has 0 bridgehead atoms. The molecule has 0 fully saturated rings. The number of rotatable bonds is 8. The topological polar surface area (TPSA) is 97.6 Å². The molecule has 198 valence electrons. The van der Waals surface area contributed by atoms with Crippen LogP contribution in [0.25, 0.3) is 0 Å². The zero-order chi connectivity index (χ0) is 26.9. The lowest BCUT2D eigenvalue weighted by Gasteiger charge is -2.37. The van der Waals surface area contributed by atoms with E-state index in [2.05, 4.69) is 13.8 Å². The van der Waals surface area contributed by atoms with Crippen molar-refractivity contribution in [3.63, 3.8) is 0 Å². The van der Waals surface area contributed by atoms with E-state index in [1.165, 1.54) is 18.7 Å². The average Bonchev–Trinajstić information content (AvgIpc) is 2.89. The highest BCUT2D eigenvalue weighted by molar-refractivity contribution is 5.54. The predicted molar refractivity (Wildman–Crippen MR) is 141 cm³/mol. The maximum Gasteiger partial charge on any atom is 0.161 e. The van der Waals surface area contributed by atoms with E-state index in [0.717, 1.165) is 17.5 Å². The first kappa shape index (κ1) is 26.5. The summed E-state index contributed by atoms with van der Waals surface area (Å²) in [5.74, 6) is 2.81. The Bertz CT molecular complexity index is 1250. The molecule has 3 aromatic rings. The molecule has 0 aromatic heterocycles. The fraction of sp³-hybridized carbons (Fsp3) is 0.400. The molecular weight excluding hydrogens is 472 g/mol. The second kappa shape index (κ2) is 10.8. The Morgan fingerprint density at radius 3 is 2.14 bits per heavy atom. The molecule has 0 heterocycles. The fourth-order valence-electron chi connectivity index (χ4n) is 5.27. The van der Waals surface area contributed by atoms with Gasteiger partial charge in [0.05, 0.1) is 21.3 Å². The first-order valence-corrected chi connectivity index (χ1v) is 12.5. The van der Waals surface area contributed by atoms with Crippen molar-refractivity contribution in [2.24, 2.45) is 11.8 Å². The first-order chi connectivity index (χ1) is 17.7. The third-order valence-corrected chi connectivity index (χ3v) is 7.59. The smallest absolute Gasteiger partial charge is 0.161 e. The lowest BCUT2D eigenvalue weighted by molar-refractivity contribution is 0.0449. The Morgan fingerprint density at radius 2 is 1.46 bits per heavy atom. The number of methoxy groups -OCH3 is 3. The lowest BCUT2D eigenvalue weighted by atomic mass is 9.68. The number of aromatic hydroxyl groups is 2. The van der Waals surface area contributed by atoms with Crippen LogP contribution in [0.4, 0.5) is 0 Å². The molecule has 0 saturated carbocycles. The molecular formula is C30H36O7. The summed E-state index contributed by atoms with van der Waals surface area (Å²) in [4.78, 5) is 0. The summed E-state index contributed by atoms with van der Waals surface area (Å²) in [5.41, 5.74) is 3.88. The quantitative estimate of drug-likeness (QED) is 0.365. The standard InChI is InChI=1S/C30H36O7/c1-16-11-21-14-27(35-5)24(32)15-22(21)29(17(16)2)19-8-10-25(28(12-19)36-6)37-18(3)30(33)20-7-9-23(31)26(13-20)34-4/h7-10,12-18,29-33H,11H2,1-6H3/t16-,17+,18-,29+,30-/m1/s1. The number of hydrogen-bond donors (Lipinski definition) is 3. The molecule has 5 atom stereocenters. The van der Waals surface area contributed by atoms with E-state index in [9.17, 15) is 15.3 Å². The number of phenols is 2. The minimum absolute atomic E-state index is 0.00359. The molecule has 37 heavy (non-hydrogen) atoms. The summed E-state index contributed by atoms with van der Waals surface area (Å²) in [6, 6.07) is 14.3. The number of hydrogen-bond acceptors (Lipinski definition) is 7. The second-order valence-electron chi connectivity index (χ2n) is 9.85. The van der Waals surface area contributed by atoms with Crippen LogP contribution >= 0.6 is 0 Å². The summed E-state index contributed by atoms with van der Waals surface area (Å²) in [6.45, 7) is 6.26. The summed E-state index contributed by atoms with van der Waals surface area (Å²) in [7, 11) is 4.62. The van der Waals surface area contributed by atoms with Gasteiger partial charge >= 0.3 is 0 Å². The van der Waals surface area contributed by atoms with Crippen molar-refractivity contribution in [3.8, 4) is 34.5 Å². The van der Waals surface area contributed by atoms with Crippen LogP contribution in [0.3, 0.4) is 0 Å². The molecule has 0 radical (unpaired) electrons. The third-order valence-electron chi connectivity index (χ3n) is 7.59. The normalized spacial score (nSPS) is 20.5. The summed E-state index contributed by atoms with van der Waals surface area (Å²) in [6.07, 6.45) is -0.643. The van der Waals surface area contributed by atoms with Crippen LogP contribution in [0, 0.1) is 11.8 Å². The predicted octanol–water partition coefficient (Wildman–Crippen LogP) is 5.58. The lowest BCUT2D eigenvalue weighted by Crippen LogP contribution is -2.27. The third kappa shape index (κ3) is 5.14. The van der Waals surface area contributed by atoms with Crippen molar-refractivity contribution in [3.05, 3.63) is 70.8 Å². The molecule has 7 nitrogen and oxygen atoms in total. The van der Waals surface area contributed by atoms with Gasteiger partial charge in [-0.15, -0.1) is 0 Å². The van der Waals surface area contributed by atoms with E-state index in [1.807, 2.05) is 30.3 Å². The maximum atomic E-state index is 10.9. The van der Waals surface area contributed by atoms with Gasteiger partial charge in [-0.3, -0.25) is 0 Å². The highest BCUT2D eigenvalue weighted by Crippen LogP contribution is 2.48. The molecule has 1 aliphatic carbocycles. The van der Waals surface area contributed by atoms with Gasteiger partial charge < -0.3 is 34.3 Å². The van der Waals surface area contributed by atoms with E-state index < -0.39 is 12.2 Å². The molecule has 0 amide bonds. The van der Waals surface area contributed by atoms with Gasteiger partial charge in [-0.05, 0) is 83.8 Å². The van der Waals surface area contributed by atoms with Crippen molar-refractivity contribution >= 4 is 0 Å². The van der Waals surface area contributed by atoms with Crippen LogP contribution < -0.4 is 18.9 Å². The number of aliphatic hydroxyl groups is 1. The molecule has 0 unspecified atom stereocenters. The Balaban J connectivity index is 1.63. The van der Waals surface area contributed by atoms with Crippen molar-refractivity contribution in [2.45, 2.75) is 45.3 Å². The van der Waals surface area contributed by atoms with Gasteiger partial charge in [-0.25, -0.2) is 0 Å². The number of ether oxygens (including phenoxy) is 4. The molecule has 3 N–H and O–H groups in total. The number of fused-ring (bicyclic) bond motifs is 1. The Morgan fingerprint density at radius 1 is 0.784 bits per heavy atom. The zero-order valence-corrected chi connectivity index (χ0v) is 22.2. The van der Waals surface area contributed by atoms with E-state index in [1.54, 1.807) is 33.3 Å². The second-order valence-corrected chi connectivity index (χ2v) is 9.85. The van der Waals surface area contributed by atoms with E-state index >= 15 is 0 Å². The van der Waals surface area contributed by atoms with E-state index in [-0.39, 0.29) is 23.2 Å². The van der Waals surface area contributed by atoms with Crippen LogP contribution in [-0.4, -0.2) is 42.8 Å². The summed E-state index contributed by atoms with van der Waals surface area (Å²) in [5, 5.41) is 31.2. The summed E-state index contributed by atoms with van der Waals surface area (Å²) >= 11 is 0. The van der Waals surface area contributed by atoms with E-state index in [4.69, 9.17) is 18.9 Å². The highest BCUT2D eigenvalue weighted by atomic mass is 16.5. The van der Waals surface area contributed by atoms with Gasteiger partial charge in [0.25, 0.3) is 0 Å². The molecule has 0 aliphatic heterocycles. The average molecular weight is 509 g/mol. The number of benzene rings is 3. The van der Waals surface area contributed by atoms with Crippen LogP contribution in [0.1, 0.15) is 55.0 Å². The van der Waals surface area contributed by atoms with Gasteiger partial charge in [-0.2, -0.15) is 0 Å². The minimum atomic E-state index is -0.956. The fourth-order valence-corrected chi connectivity index (χ4v) is 5.27. The van der Waals surface area contributed by atoms with Crippen molar-refractivity contribution < 1.29 is 34.3 Å². The molecule has 3 aromatic carbocycles. The number of phenolic OH excluding ortho intramolecular Hbond substituents is 2. The Hall–Kier alpha value is -3.58. The molecule has 1 aliphatic rings. The molecule has 0 saturated heterocycles. The molecule has 7 heteroatoms. The van der Waals surface area contributed by atoms with Crippen molar-refractivity contribution in [2.75, 3.05) is 21.3 Å². The first-order valence-electron chi connectivity index (χ1n) is 12.5. The Labute approximate surface area is 218 Å². The minimum Gasteiger partial charge on any atom is -0.504 e. The van der Waals surface area contributed by atoms with Gasteiger partial charge in [0.2, 0.25) is 0 Å². The molecule has 4 rings (SSSR count). The van der Waals surface area contributed by atoms with Crippen LogP contribution in [0.15, 0.2) is 48.5 Å². The monoisotopic (exact) mass is 508 g/mol. The van der Waals surface area contributed by atoms with Crippen LogP contribution in [0.5, 0.6) is 34.5 Å². The summed E-state index contributed by atoms with van der Waals surface area (Å²) < 4.78 is 22.3. The van der Waals surface area contributed by atoms with E-state index in [0.29, 0.717) is 34.6 Å². The van der Waals surface area contributed by atoms with Gasteiger partial charge in [-0.1, -0.05) is 26.0 Å². The Kier molecular flexibility index (Phi) is 7.73. The van der Waals surface area contributed by atoms with Gasteiger partial charge in [0.1, 0.15) is 12.2 Å². The van der Waals surface area contributed by atoms with Crippen molar-refractivity contribution in [1.82, 2.24) is 0 Å². The zero-order valence-electron chi connectivity index (χ0n) is 22.2. The highest BCUT2D eigenvalue weighted by Gasteiger charge is 2.34. The van der Waals surface area contributed by atoms with Crippen molar-refractivity contribution in [1.29, 1.82) is 0 Å². The van der Waals surface area contributed by atoms with Gasteiger partial charge in [0, 0.05) is 5.92 Å². The van der Waals surface area contributed by atoms with Crippen LogP contribution in [0.2, 0.25) is 0 Å². The number of aliphatic hydroxyl groups excluding tert-OH is 1.